The van der Waals surface area contributed by atoms with Gasteiger partial charge in [0.2, 0.25) is 0 Å². The Morgan fingerprint density at radius 2 is 1.97 bits per heavy atom. The van der Waals surface area contributed by atoms with Gasteiger partial charge in [0.15, 0.2) is 0 Å². The molecular formula is C25H25N3O2. The number of aromatic nitrogens is 1. The fourth-order valence-corrected chi connectivity index (χ4v) is 3.74. The fraction of sp³-hybridized carbons (Fsp3) is 0.200. The van der Waals surface area contributed by atoms with Crippen molar-refractivity contribution >= 4 is 11.6 Å². The SMILES string of the molecule is COc1ccc2c(c1)CCC=C2N(Cc1ccccn1)C(=O)c1ccc(CN)cc1. The van der Waals surface area contributed by atoms with Crippen molar-refractivity contribution < 1.29 is 9.53 Å². The number of benzene rings is 2. The van der Waals surface area contributed by atoms with Crippen LogP contribution in [0.3, 0.4) is 0 Å². The normalized spacial score (nSPS) is 12.7. The second-order valence-corrected chi connectivity index (χ2v) is 7.26. The summed E-state index contributed by atoms with van der Waals surface area (Å²) < 4.78 is 5.39. The summed E-state index contributed by atoms with van der Waals surface area (Å²) in [6.45, 7) is 0.849. The maximum absolute atomic E-state index is 13.6. The van der Waals surface area contributed by atoms with Crippen LogP contribution in [-0.2, 0) is 19.5 Å². The van der Waals surface area contributed by atoms with Gasteiger partial charge in [0.25, 0.3) is 5.91 Å². The number of fused-ring (bicyclic) bond motifs is 1. The van der Waals surface area contributed by atoms with E-state index in [2.05, 4.69) is 17.1 Å². The van der Waals surface area contributed by atoms with Crippen LogP contribution in [0.5, 0.6) is 5.75 Å². The molecule has 152 valence electrons. The molecule has 0 saturated heterocycles. The Kier molecular flexibility index (Phi) is 5.91. The van der Waals surface area contributed by atoms with E-state index in [0.29, 0.717) is 18.7 Å². The van der Waals surface area contributed by atoms with Crippen molar-refractivity contribution in [3.63, 3.8) is 0 Å². The van der Waals surface area contributed by atoms with E-state index in [4.69, 9.17) is 10.5 Å². The number of pyridine rings is 1. The van der Waals surface area contributed by atoms with Crippen LogP contribution in [0.25, 0.3) is 5.70 Å². The Hall–Kier alpha value is -3.44. The van der Waals surface area contributed by atoms with Crippen molar-refractivity contribution in [1.82, 2.24) is 9.88 Å². The van der Waals surface area contributed by atoms with Gasteiger partial charge >= 0.3 is 0 Å². The first-order chi connectivity index (χ1) is 14.7. The number of hydrogen-bond acceptors (Lipinski definition) is 4. The van der Waals surface area contributed by atoms with Crippen molar-refractivity contribution in [1.29, 1.82) is 0 Å². The number of nitrogens with zero attached hydrogens (tertiary/aromatic N) is 2. The molecule has 1 amide bonds. The number of ether oxygens (including phenoxy) is 1. The fourth-order valence-electron chi connectivity index (χ4n) is 3.74. The Balaban J connectivity index is 1.74. The van der Waals surface area contributed by atoms with Crippen LogP contribution in [0.15, 0.2) is 72.9 Å². The molecule has 0 radical (unpaired) electrons. The first-order valence-corrected chi connectivity index (χ1v) is 10.1. The molecule has 0 bridgehead atoms. The molecule has 0 aliphatic heterocycles. The number of hydrogen-bond donors (Lipinski definition) is 1. The molecule has 3 aromatic rings. The molecule has 1 heterocycles. The van der Waals surface area contributed by atoms with Gasteiger partial charge in [-0.1, -0.05) is 24.3 Å². The molecule has 0 spiro atoms. The predicted octanol–water partition coefficient (Wildman–Crippen LogP) is 4.18. The first kappa shape index (κ1) is 19.9. The molecule has 2 aromatic carbocycles. The Morgan fingerprint density at radius 1 is 1.13 bits per heavy atom. The third kappa shape index (κ3) is 4.11. The van der Waals surface area contributed by atoms with E-state index in [1.165, 1.54) is 5.56 Å². The Morgan fingerprint density at radius 3 is 2.67 bits per heavy atom. The smallest absolute Gasteiger partial charge is 0.258 e. The summed E-state index contributed by atoms with van der Waals surface area (Å²) in [6, 6.07) is 19.3. The van der Waals surface area contributed by atoms with Crippen molar-refractivity contribution in [2.24, 2.45) is 5.73 Å². The van der Waals surface area contributed by atoms with E-state index in [-0.39, 0.29) is 5.91 Å². The molecule has 1 aromatic heterocycles. The molecule has 5 nitrogen and oxygen atoms in total. The highest BCUT2D eigenvalue weighted by Gasteiger charge is 2.25. The number of amides is 1. The molecule has 0 fully saturated rings. The molecule has 1 aliphatic carbocycles. The van der Waals surface area contributed by atoms with Crippen molar-refractivity contribution in [3.05, 3.63) is 101 Å². The second kappa shape index (κ2) is 8.93. The quantitative estimate of drug-likeness (QED) is 0.675. The average Bonchev–Trinajstić information content (AvgIpc) is 2.82. The number of allylic oxidation sites excluding steroid dienone is 1. The van der Waals surface area contributed by atoms with Crippen LogP contribution >= 0.6 is 0 Å². The number of aryl methyl sites for hydroxylation is 1. The number of carbonyl (C=O) groups excluding carboxylic acids is 1. The minimum Gasteiger partial charge on any atom is -0.497 e. The van der Waals surface area contributed by atoms with Crippen molar-refractivity contribution in [3.8, 4) is 5.75 Å². The third-order valence-corrected chi connectivity index (χ3v) is 5.36. The van der Waals surface area contributed by atoms with Crippen LogP contribution in [0.1, 0.15) is 39.2 Å². The maximum atomic E-state index is 13.6. The summed E-state index contributed by atoms with van der Waals surface area (Å²) in [4.78, 5) is 19.8. The van der Waals surface area contributed by atoms with E-state index in [0.717, 1.165) is 41.1 Å². The highest BCUT2D eigenvalue weighted by Crippen LogP contribution is 2.33. The zero-order valence-electron chi connectivity index (χ0n) is 17.0. The minimum absolute atomic E-state index is 0.0563. The lowest BCUT2D eigenvalue weighted by Crippen LogP contribution is -2.30. The largest absolute Gasteiger partial charge is 0.497 e. The van der Waals surface area contributed by atoms with Crippen molar-refractivity contribution in [2.75, 3.05) is 7.11 Å². The monoisotopic (exact) mass is 399 g/mol. The molecule has 0 atom stereocenters. The lowest BCUT2D eigenvalue weighted by atomic mass is 9.93. The van der Waals surface area contributed by atoms with Crippen LogP contribution in [0.4, 0.5) is 0 Å². The van der Waals surface area contributed by atoms with Gasteiger partial charge in [-0.3, -0.25) is 9.78 Å². The minimum atomic E-state index is -0.0563. The second-order valence-electron chi connectivity index (χ2n) is 7.26. The summed E-state index contributed by atoms with van der Waals surface area (Å²) in [7, 11) is 1.67. The van der Waals surface area contributed by atoms with Gasteiger partial charge in [-0.15, -0.1) is 0 Å². The van der Waals surface area contributed by atoms with E-state index in [1.54, 1.807) is 13.3 Å². The van der Waals surface area contributed by atoms with Crippen LogP contribution in [0, 0.1) is 0 Å². The van der Waals surface area contributed by atoms with Crippen LogP contribution < -0.4 is 10.5 Å². The van der Waals surface area contributed by atoms with E-state index < -0.39 is 0 Å². The average molecular weight is 399 g/mol. The molecule has 0 unspecified atom stereocenters. The van der Waals surface area contributed by atoms with E-state index in [9.17, 15) is 4.79 Å². The van der Waals surface area contributed by atoms with Crippen molar-refractivity contribution in [2.45, 2.75) is 25.9 Å². The van der Waals surface area contributed by atoms with E-state index in [1.807, 2.05) is 59.5 Å². The molecule has 2 N–H and O–H groups in total. The molecule has 0 saturated carbocycles. The zero-order valence-corrected chi connectivity index (χ0v) is 17.0. The van der Waals surface area contributed by atoms with E-state index >= 15 is 0 Å². The molecule has 30 heavy (non-hydrogen) atoms. The molecule has 4 rings (SSSR count). The van der Waals surface area contributed by atoms with Gasteiger partial charge < -0.3 is 15.4 Å². The van der Waals surface area contributed by atoms with Crippen LogP contribution in [0.2, 0.25) is 0 Å². The van der Waals surface area contributed by atoms with Gasteiger partial charge in [-0.25, -0.2) is 0 Å². The van der Waals surface area contributed by atoms with Gasteiger partial charge in [-0.2, -0.15) is 0 Å². The Bertz CT molecular complexity index is 1060. The highest BCUT2D eigenvalue weighted by atomic mass is 16.5. The van der Waals surface area contributed by atoms with Gasteiger partial charge in [0, 0.05) is 29.6 Å². The summed E-state index contributed by atoms with van der Waals surface area (Å²) in [5, 5.41) is 0. The van der Waals surface area contributed by atoms with Gasteiger partial charge in [-0.05, 0) is 66.4 Å². The topological polar surface area (TPSA) is 68.5 Å². The molecule has 5 heteroatoms. The summed E-state index contributed by atoms with van der Waals surface area (Å²) >= 11 is 0. The lowest BCUT2D eigenvalue weighted by Gasteiger charge is -2.29. The number of nitrogens with two attached hydrogens (primary N) is 1. The van der Waals surface area contributed by atoms with Gasteiger partial charge in [0.1, 0.15) is 5.75 Å². The number of methoxy groups -OCH3 is 1. The third-order valence-electron chi connectivity index (χ3n) is 5.36. The number of carbonyl (C=O) groups is 1. The lowest BCUT2D eigenvalue weighted by molar-refractivity contribution is 0.0825. The Labute approximate surface area is 176 Å². The zero-order chi connectivity index (χ0) is 20.9. The standard InChI is InChI=1S/C25H25N3O2/c1-30-22-12-13-23-20(15-22)5-4-7-24(23)28(17-21-6-2-3-14-27-21)25(29)19-10-8-18(16-26)9-11-19/h2-3,6-15H,4-5,16-17,26H2,1H3. The first-order valence-electron chi connectivity index (χ1n) is 10.1. The summed E-state index contributed by atoms with van der Waals surface area (Å²) in [5.74, 6) is 0.772. The number of rotatable bonds is 6. The van der Waals surface area contributed by atoms with Crippen LogP contribution in [-0.4, -0.2) is 22.9 Å². The molecule has 1 aliphatic rings. The predicted molar refractivity (Wildman–Crippen MR) is 118 cm³/mol. The maximum Gasteiger partial charge on any atom is 0.258 e. The highest BCUT2D eigenvalue weighted by molar-refractivity contribution is 6.00. The van der Waals surface area contributed by atoms with Gasteiger partial charge in [0.05, 0.1) is 19.3 Å². The molecular weight excluding hydrogens is 374 g/mol. The summed E-state index contributed by atoms with van der Waals surface area (Å²) in [6.07, 6.45) is 5.69. The summed E-state index contributed by atoms with van der Waals surface area (Å²) in [5.41, 5.74) is 11.3.